The van der Waals surface area contributed by atoms with Crippen molar-refractivity contribution in [2.24, 2.45) is 11.7 Å². The lowest BCUT2D eigenvalue weighted by atomic mass is 10.0. The van der Waals surface area contributed by atoms with E-state index in [9.17, 15) is 16.8 Å². The molecule has 1 saturated heterocycles. The molecule has 7 nitrogen and oxygen atoms in total. The first-order valence-corrected chi connectivity index (χ1v) is 10.4. The van der Waals surface area contributed by atoms with E-state index in [1.54, 1.807) is 6.92 Å². The van der Waals surface area contributed by atoms with E-state index in [1.165, 1.54) is 29.6 Å². The molecule has 0 aliphatic carbocycles. The Balaban J connectivity index is 0.00000288. The van der Waals surface area contributed by atoms with E-state index in [0.29, 0.717) is 25.2 Å². The summed E-state index contributed by atoms with van der Waals surface area (Å²) in [4.78, 5) is 0.195. The van der Waals surface area contributed by atoms with E-state index in [-0.39, 0.29) is 28.1 Å². The van der Waals surface area contributed by atoms with Gasteiger partial charge in [-0.1, -0.05) is 0 Å². The van der Waals surface area contributed by atoms with Gasteiger partial charge >= 0.3 is 0 Å². The van der Waals surface area contributed by atoms with Crippen molar-refractivity contribution in [3.05, 3.63) is 23.8 Å². The number of benzene rings is 1. The number of halogens is 1. The monoisotopic (exact) mass is 397 g/mol. The number of rotatable bonds is 5. The van der Waals surface area contributed by atoms with Crippen LogP contribution in [0.15, 0.2) is 28.0 Å². The highest BCUT2D eigenvalue weighted by Gasteiger charge is 2.30. The number of hydrogen-bond acceptors (Lipinski definition) is 5. The number of aryl methyl sites for hydroxylation is 1. The fourth-order valence-corrected chi connectivity index (χ4v) is 5.37. The van der Waals surface area contributed by atoms with Crippen LogP contribution in [0.25, 0.3) is 0 Å². The highest BCUT2D eigenvalue weighted by Crippen LogP contribution is 2.25. The summed E-state index contributed by atoms with van der Waals surface area (Å²) in [5, 5.41) is 0. The number of piperidine rings is 1. The molecule has 1 unspecified atom stereocenters. The number of nitrogens with one attached hydrogen (secondary N) is 1. The molecule has 0 bridgehead atoms. The quantitative estimate of drug-likeness (QED) is 0.759. The van der Waals surface area contributed by atoms with E-state index in [4.69, 9.17) is 5.73 Å². The second-order valence-corrected chi connectivity index (χ2v) is 9.53. The molecule has 1 aromatic carbocycles. The van der Waals surface area contributed by atoms with Gasteiger partial charge in [0, 0.05) is 13.1 Å². The summed E-state index contributed by atoms with van der Waals surface area (Å²) in [6.07, 6.45) is 1.72. The zero-order chi connectivity index (χ0) is 17.3. The van der Waals surface area contributed by atoms with Crippen molar-refractivity contribution in [3.63, 3.8) is 0 Å². The number of nitrogens with zero attached hydrogens (tertiary/aromatic N) is 1. The largest absolute Gasteiger partial charge is 0.330 e. The van der Waals surface area contributed by atoms with E-state index in [0.717, 1.165) is 12.8 Å². The van der Waals surface area contributed by atoms with Crippen LogP contribution < -0.4 is 10.5 Å². The molecule has 0 aromatic heterocycles. The maximum Gasteiger partial charge on any atom is 0.243 e. The smallest absolute Gasteiger partial charge is 0.243 e. The maximum atomic E-state index is 12.8. The van der Waals surface area contributed by atoms with Gasteiger partial charge in [-0.15, -0.1) is 12.4 Å². The van der Waals surface area contributed by atoms with E-state index >= 15 is 0 Å². The van der Waals surface area contributed by atoms with Crippen LogP contribution in [0.3, 0.4) is 0 Å². The molecule has 1 aromatic rings. The number of hydrogen-bond donors (Lipinski definition) is 2. The average molecular weight is 398 g/mol. The summed E-state index contributed by atoms with van der Waals surface area (Å²) in [6.45, 7) is 2.93. The Bertz CT molecular complexity index is 781. The van der Waals surface area contributed by atoms with Crippen molar-refractivity contribution in [2.75, 3.05) is 26.7 Å². The van der Waals surface area contributed by atoms with Crippen LogP contribution in [0.5, 0.6) is 0 Å². The molecule has 1 fully saturated rings. The first-order valence-electron chi connectivity index (χ1n) is 7.47. The molecular weight excluding hydrogens is 374 g/mol. The lowest BCUT2D eigenvalue weighted by molar-refractivity contribution is 0.271. The summed E-state index contributed by atoms with van der Waals surface area (Å²) in [7, 11) is -5.92. The van der Waals surface area contributed by atoms with Gasteiger partial charge in [-0.05, 0) is 63.0 Å². The first-order chi connectivity index (χ1) is 10.7. The van der Waals surface area contributed by atoms with Gasteiger partial charge in [0.05, 0.1) is 9.79 Å². The van der Waals surface area contributed by atoms with Gasteiger partial charge in [0.15, 0.2) is 0 Å². The third-order valence-electron chi connectivity index (χ3n) is 4.16. The summed E-state index contributed by atoms with van der Waals surface area (Å²) < 4.78 is 52.9. The third-order valence-corrected chi connectivity index (χ3v) is 7.59. The topological polar surface area (TPSA) is 110 Å². The Morgan fingerprint density at radius 3 is 2.50 bits per heavy atom. The Hall–Kier alpha value is -0.710. The van der Waals surface area contributed by atoms with E-state index < -0.39 is 20.0 Å². The molecule has 1 aliphatic heterocycles. The summed E-state index contributed by atoms with van der Waals surface area (Å²) in [5.41, 5.74) is 6.06. The predicted molar refractivity (Wildman–Crippen MR) is 95.2 cm³/mol. The Morgan fingerprint density at radius 1 is 1.29 bits per heavy atom. The molecule has 0 saturated carbocycles. The molecule has 138 valence electrons. The zero-order valence-electron chi connectivity index (χ0n) is 13.7. The molecule has 1 aliphatic rings. The highest BCUT2D eigenvalue weighted by molar-refractivity contribution is 7.89. The molecule has 1 atom stereocenters. The molecule has 1 heterocycles. The van der Waals surface area contributed by atoms with Crippen LogP contribution in [0.2, 0.25) is 0 Å². The molecule has 0 spiro atoms. The third kappa shape index (κ3) is 4.27. The highest BCUT2D eigenvalue weighted by atomic mass is 35.5. The van der Waals surface area contributed by atoms with Gasteiger partial charge in [0.1, 0.15) is 0 Å². The van der Waals surface area contributed by atoms with E-state index in [1.807, 2.05) is 0 Å². The normalized spacial score (nSPS) is 19.7. The fourth-order valence-electron chi connectivity index (χ4n) is 2.78. The van der Waals surface area contributed by atoms with Crippen molar-refractivity contribution in [2.45, 2.75) is 29.6 Å². The van der Waals surface area contributed by atoms with Gasteiger partial charge in [-0.25, -0.2) is 21.6 Å². The summed E-state index contributed by atoms with van der Waals surface area (Å²) in [5.74, 6) is 0.170. The molecule has 0 amide bonds. The van der Waals surface area contributed by atoms with Crippen LogP contribution in [0.1, 0.15) is 18.4 Å². The summed E-state index contributed by atoms with van der Waals surface area (Å²) in [6, 6.07) is 4.09. The van der Waals surface area contributed by atoms with Gasteiger partial charge in [-0.3, -0.25) is 0 Å². The molecule has 0 radical (unpaired) electrons. The van der Waals surface area contributed by atoms with Gasteiger partial charge in [0.2, 0.25) is 20.0 Å². The minimum atomic E-state index is -3.63. The Morgan fingerprint density at radius 2 is 1.96 bits per heavy atom. The van der Waals surface area contributed by atoms with Crippen molar-refractivity contribution < 1.29 is 16.8 Å². The number of sulfonamides is 2. The van der Waals surface area contributed by atoms with Gasteiger partial charge < -0.3 is 5.73 Å². The van der Waals surface area contributed by atoms with Crippen LogP contribution in [0.4, 0.5) is 0 Å². The lowest BCUT2D eigenvalue weighted by Crippen LogP contribution is -2.42. The van der Waals surface area contributed by atoms with Crippen LogP contribution in [-0.2, 0) is 20.0 Å². The van der Waals surface area contributed by atoms with Crippen molar-refractivity contribution in [3.8, 4) is 0 Å². The van der Waals surface area contributed by atoms with E-state index in [2.05, 4.69) is 4.72 Å². The molecular formula is C14H24ClN3O4S2. The maximum absolute atomic E-state index is 12.8. The summed E-state index contributed by atoms with van der Waals surface area (Å²) >= 11 is 0. The fraction of sp³-hybridized carbons (Fsp3) is 0.571. The van der Waals surface area contributed by atoms with Crippen LogP contribution in [-0.4, -0.2) is 47.8 Å². The first kappa shape index (κ1) is 21.3. The predicted octanol–water partition coefficient (Wildman–Crippen LogP) is 0.684. The standard InChI is InChI=1S/C14H23N3O4S2.ClH/c1-11-8-13(5-6-14(11)22(18,19)16-2)23(20,21)17-7-3-4-12(9-15)10-17;/h5-6,8,12,16H,3-4,7,9-10,15H2,1-2H3;1H. The molecule has 24 heavy (non-hydrogen) atoms. The number of nitrogens with two attached hydrogens (primary N) is 1. The Labute approximate surface area is 150 Å². The lowest BCUT2D eigenvalue weighted by Gasteiger charge is -2.31. The van der Waals surface area contributed by atoms with Crippen molar-refractivity contribution in [1.82, 2.24) is 9.03 Å². The SMILES string of the molecule is CNS(=O)(=O)c1ccc(S(=O)(=O)N2CCCC(CN)C2)cc1C.Cl. The second-order valence-electron chi connectivity index (χ2n) is 5.74. The van der Waals surface area contributed by atoms with Crippen molar-refractivity contribution in [1.29, 1.82) is 0 Å². The average Bonchev–Trinajstić information content (AvgIpc) is 2.54. The van der Waals surface area contributed by atoms with Gasteiger partial charge in [-0.2, -0.15) is 4.31 Å². The molecule has 10 heteroatoms. The van der Waals surface area contributed by atoms with Crippen LogP contribution in [0, 0.1) is 12.8 Å². The zero-order valence-corrected chi connectivity index (χ0v) is 16.2. The minimum Gasteiger partial charge on any atom is -0.330 e. The Kier molecular flexibility index (Phi) is 7.21. The minimum absolute atomic E-state index is 0. The van der Waals surface area contributed by atoms with Gasteiger partial charge in [0.25, 0.3) is 0 Å². The van der Waals surface area contributed by atoms with Crippen molar-refractivity contribution >= 4 is 32.5 Å². The molecule has 2 rings (SSSR count). The molecule has 3 N–H and O–H groups in total. The van der Waals surface area contributed by atoms with Crippen LogP contribution >= 0.6 is 12.4 Å². The second kappa shape index (κ2) is 8.11.